The van der Waals surface area contributed by atoms with Crippen molar-refractivity contribution < 1.29 is 4.79 Å². The van der Waals surface area contributed by atoms with E-state index >= 15 is 0 Å². The Labute approximate surface area is 153 Å². The number of amides is 1. The number of hydrogen-bond acceptors (Lipinski definition) is 2. The first-order valence-corrected chi connectivity index (χ1v) is 8.58. The molecule has 3 heteroatoms. The number of rotatable bonds is 2. The maximum Gasteiger partial charge on any atom is 0.259 e. The monoisotopic (exact) mass is 338 g/mol. The molecule has 0 radical (unpaired) electrons. The number of carbonyl (C=O) groups excluding carboxylic acids is 1. The van der Waals surface area contributed by atoms with Gasteiger partial charge in [-0.3, -0.25) is 4.79 Å². The quantitative estimate of drug-likeness (QED) is 0.715. The molecule has 4 rings (SSSR count). The van der Waals surface area contributed by atoms with Crippen LogP contribution in [0.5, 0.6) is 0 Å². The predicted octanol–water partition coefficient (Wildman–Crippen LogP) is 4.07. The van der Waals surface area contributed by atoms with Crippen molar-refractivity contribution in [3.8, 4) is 11.8 Å². The van der Waals surface area contributed by atoms with Gasteiger partial charge in [0, 0.05) is 12.1 Å². The Kier molecular flexibility index (Phi) is 4.40. The number of fused-ring (bicyclic) bond motifs is 1. The largest absolute Gasteiger partial charge is 0.344 e. The van der Waals surface area contributed by atoms with Gasteiger partial charge < -0.3 is 10.2 Å². The Morgan fingerprint density at radius 2 is 1.50 bits per heavy atom. The van der Waals surface area contributed by atoms with Crippen molar-refractivity contribution >= 4 is 17.3 Å². The van der Waals surface area contributed by atoms with E-state index in [0.29, 0.717) is 6.54 Å². The summed E-state index contributed by atoms with van der Waals surface area (Å²) in [4.78, 5) is 14.8. The van der Waals surface area contributed by atoms with E-state index in [1.807, 2.05) is 72.8 Å². The molecule has 3 nitrogen and oxygen atoms in total. The third-order valence-corrected chi connectivity index (χ3v) is 4.35. The minimum atomic E-state index is -0.537. The van der Waals surface area contributed by atoms with Gasteiger partial charge in [0.2, 0.25) is 0 Å². The third-order valence-electron chi connectivity index (χ3n) is 4.35. The van der Waals surface area contributed by atoms with Crippen LogP contribution in [0.2, 0.25) is 0 Å². The van der Waals surface area contributed by atoms with Crippen molar-refractivity contribution in [3.63, 3.8) is 0 Å². The lowest BCUT2D eigenvalue weighted by Crippen LogP contribution is -2.46. The summed E-state index contributed by atoms with van der Waals surface area (Å²) in [7, 11) is 0. The minimum Gasteiger partial charge on any atom is -0.344 e. The smallest absolute Gasteiger partial charge is 0.259 e. The van der Waals surface area contributed by atoms with E-state index in [1.165, 1.54) is 0 Å². The number of benzene rings is 3. The van der Waals surface area contributed by atoms with E-state index < -0.39 is 6.04 Å². The molecule has 0 aliphatic carbocycles. The summed E-state index contributed by atoms with van der Waals surface area (Å²) in [5.74, 6) is 6.21. The first-order valence-electron chi connectivity index (χ1n) is 8.58. The summed E-state index contributed by atoms with van der Waals surface area (Å²) in [6.07, 6.45) is 0. The zero-order valence-electron chi connectivity index (χ0n) is 14.2. The highest BCUT2D eigenvalue weighted by atomic mass is 16.2. The third kappa shape index (κ3) is 3.31. The van der Waals surface area contributed by atoms with Crippen LogP contribution in [0.3, 0.4) is 0 Å². The SMILES string of the molecule is O=C1Nc2ccccc2N(Cc2ccccc2)[C@@H]1C#Cc1ccccc1. The highest BCUT2D eigenvalue weighted by Crippen LogP contribution is 2.32. The van der Waals surface area contributed by atoms with E-state index in [1.54, 1.807) is 0 Å². The zero-order chi connectivity index (χ0) is 17.8. The molecule has 0 saturated heterocycles. The van der Waals surface area contributed by atoms with Crippen molar-refractivity contribution in [2.75, 3.05) is 10.2 Å². The maximum absolute atomic E-state index is 12.7. The summed E-state index contributed by atoms with van der Waals surface area (Å²) in [5, 5.41) is 2.98. The van der Waals surface area contributed by atoms with Gasteiger partial charge in [-0.1, -0.05) is 72.5 Å². The fourth-order valence-electron chi connectivity index (χ4n) is 3.08. The Morgan fingerprint density at radius 3 is 2.27 bits per heavy atom. The van der Waals surface area contributed by atoms with Crippen molar-refractivity contribution in [1.29, 1.82) is 0 Å². The molecular weight excluding hydrogens is 320 g/mol. The Bertz CT molecular complexity index is 971. The predicted molar refractivity (Wildman–Crippen MR) is 105 cm³/mol. The van der Waals surface area contributed by atoms with E-state index in [2.05, 4.69) is 34.2 Å². The van der Waals surface area contributed by atoms with Gasteiger partial charge >= 0.3 is 0 Å². The maximum atomic E-state index is 12.7. The summed E-state index contributed by atoms with van der Waals surface area (Å²) in [6.45, 7) is 0.624. The van der Waals surface area contributed by atoms with Crippen molar-refractivity contribution in [3.05, 3.63) is 96.1 Å². The number of para-hydroxylation sites is 2. The molecule has 0 aromatic heterocycles. The molecule has 1 aliphatic heterocycles. The highest BCUT2D eigenvalue weighted by Gasteiger charge is 2.31. The van der Waals surface area contributed by atoms with Gasteiger partial charge in [0.25, 0.3) is 5.91 Å². The van der Waals surface area contributed by atoms with Gasteiger partial charge in [-0.25, -0.2) is 0 Å². The summed E-state index contributed by atoms with van der Waals surface area (Å²) < 4.78 is 0. The Hall–Kier alpha value is -3.51. The molecule has 3 aromatic carbocycles. The van der Waals surface area contributed by atoms with Gasteiger partial charge in [0.1, 0.15) is 0 Å². The van der Waals surface area contributed by atoms with Crippen LogP contribution in [0.15, 0.2) is 84.9 Å². The van der Waals surface area contributed by atoms with Gasteiger partial charge in [-0.15, -0.1) is 0 Å². The average molecular weight is 338 g/mol. The number of carbonyl (C=O) groups is 1. The lowest BCUT2D eigenvalue weighted by molar-refractivity contribution is -0.116. The first-order chi connectivity index (χ1) is 12.8. The summed E-state index contributed by atoms with van der Waals surface area (Å²) in [5.41, 5.74) is 3.86. The van der Waals surface area contributed by atoms with E-state index in [0.717, 1.165) is 22.5 Å². The Morgan fingerprint density at radius 1 is 0.846 bits per heavy atom. The normalized spacial score (nSPS) is 15.5. The lowest BCUT2D eigenvalue weighted by Gasteiger charge is -2.35. The number of anilines is 2. The van der Waals surface area contributed by atoms with Crippen LogP contribution in [0.25, 0.3) is 0 Å². The zero-order valence-corrected chi connectivity index (χ0v) is 14.2. The van der Waals surface area contributed by atoms with Crippen LogP contribution in [-0.2, 0) is 11.3 Å². The second-order valence-electron chi connectivity index (χ2n) is 6.16. The van der Waals surface area contributed by atoms with Crippen LogP contribution in [0, 0.1) is 11.8 Å². The first kappa shape index (κ1) is 16.0. The number of nitrogens with one attached hydrogen (secondary N) is 1. The number of nitrogens with zero attached hydrogens (tertiary/aromatic N) is 1. The molecule has 0 saturated carbocycles. The molecular formula is C23H18N2O. The fraction of sp³-hybridized carbons (Fsp3) is 0.0870. The van der Waals surface area contributed by atoms with Crippen LogP contribution in [-0.4, -0.2) is 11.9 Å². The van der Waals surface area contributed by atoms with Gasteiger partial charge in [0.05, 0.1) is 11.4 Å². The molecule has 1 amide bonds. The highest BCUT2D eigenvalue weighted by molar-refractivity contribution is 6.05. The van der Waals surface area contributed by atoms with Crippen LogP contribution in [0.4, 0.5) is 11.4 Å². The second kappa shape index (κ2) is 7.16. The molecule has 3 aromatic rings. The lowest BCUT2D eigenvalue weighted by atomic mass is 10.1. The Balaban J connectivity index is 1.73. The van der Waals surface area contributed by atoms with E-state index in [9.17, 15) is 4.79 Å². The molecule has 1 aliphatic rings. The summed E-state index contributed by atoms with van der Waals surface area (Å²) >= 11 is 0. The van der Waals surface area contributed by atoms with Crippen LogP contribution in [0.1, 0.15) is 11.1 Å². The van der Waals surface area contributed by atoms with Crippen molar-refractivity contribution in [2.45, 2.75) is 12.6 Å². The van der Waals surface area contributed by atoms with E-state index in [-0.39, 0.29) is 5.91 Å². The van der Waals surface area contributed by atoms with Crippen LogP contribution >= 0.6 is 0 Å². The van der Waals surface area contributed by atoms with E-state index in [4.69, 9.17) is 0 Å². The van der Waals surface area contributed by atoms with Gasteiger partial charge in [0.15, 0.2) is 6.04 Å². The van der Waals surface area contributed by atoms with Gasteiger partial charge in [-0.2, -0.15) is 0 Å². The number of hydrogen-bond donors (Lipinski definition) is 1. The van der Waals surface area contributed by atoms with Crippen LogP contribution < -0.4 is 10.2 Å². The van der Waals surface area contributed by atoms with Crippen molar-refractivity contribution in [1.82, 2.24) is 0 Å². The van der Waals surface area contributed by atoms with Crippen molar-refractivity contribution in [2.24, 2.45) is 0 Å². The van der Waals surface area contributed by atoms with Gasteiger partial charge in [-0.05, 0) is 29.8 Å². The topological polar surface area (TPSA) is 32.3 Å². The molecule has 0 spiro atoms. The molecule has 0 bridgehead atoms. The molecule has 126 valence electrons. The summed E-state index contributed by atoms with van der Waals surface area (Å²) in [6, 6.07) is 27.2. The second-order valence-corrected chi connectivity index (χ2v) is 6.16. The molecule has 0 unspecified atom stereocenters. The fourth-order valence-corrected chi connectivity index (χ4v) is 3.08. The average Bonchev–Trinajstić information content (AvgIpc) is 2.69. The standard InChI is InChI=1S/C23H18N2O/c26-23-22(16-15-18-9-3-1-4-10-18)25(17-19-11-5-2-6-12-19)21-14-8-7-13-20(21)24-23/h1-14,22H,17H2,(H,24,26)/t22-/m1/s1. The molecule has 0 fully saturated rings. The molecule has 1 N–H and O–H groups in total. The molecule has 1 heterocycles. The molecule has 1 atom stereocenters. The molecule has 26 heavy (non-hydrogen) atoms. The minimum absolute atomic E-state index is 0.0944.